The van der Waals surface area contributed by atoms with Gasteiger partial charge in [0, 0.05) is 13.0 Å². The molecule has 2 aromatic carbocycles. The standard InChI is InChI=1S/C24H23FN4O4/c1-13-6-7-15(10-17(13)25)11-21(31)26-12-16-4-3-5-18-22(16)24(33)29(14(2)27-18)19-8-9-20(30)28-23(19)32/h3-7,10,19H,8-9,11-12H2,1-2H3,(H,26,31)(H,28,30,32). The average molecular weight is 450 g/mol. The van der Waals surface area contributed by atoms with Crippen LogP contribution in [0.15, 0.2) is 41.2 Å². The van der Waals surface area contributed by atoms with Gasteiger partial charge in [0.05, 0.1) is 17.3 Å². The molecule has 1 atom stereocenters. The van der Waals surface area contributed by atoms with Crippen LogP contribution in [-0.4, -0.2) is 27.3 Å². The molecule has 0 aliphatic carbocycles. The van der Waals surface area contributed by atoms with Crippen molar-refractivity contribution in [2.24, 2.45) is 0 Å². The number of fused-ring (bicyclic) bond motifs is 1. The Labute approximate surface area is 188 Å². The third kappa shape index (κ3) is 4.52. The van der Waals surface area contributed by atoms with Crippen LogP contribution < -0.4 is 16.2 Å². The lowest BCUT2D eigenvalue weighted by Crippen LogP contribution is -2.45. The second-order valence-electron chi connectivity index (χ2n) is 8.15. The number of carbonyl (C=O) groups is 3. The molecule has 1 fully saturated rings. The van der Waals surface area contributed by atoms with Crippen molar-refractivity contribution in [3.05, 3.63) is 75.1 Å². The Morgan fingerprint density at radius 3 is 2.73 bits per heavy atom. The van der Waals surface area contributed by atoms with Crippen LogP contribution in [-0.2, 0) is 27.3 Å². The first-order chi connectivity index (χ1) is 15.7. The number of piperidine rings is 1. The number of amides is 3. The minimum Gasteiger partial charge on any atom is -0.352 e. The lowest BCUT2D eigenvalue weighted by molar-refractivity contribution is -0.135. The average Bonchev–Trinajstić information content (AvgIpc) is 2.76. The highest BCUT2D eigenvalue weighted by molar-refractivity contribution is 5.99. The first-order valence-corrected chi connectivity index (χ1v) is 10.6. The summed E-state index contributed by atoms with van der Waals surface area (Å²) in [6, 6.07) is 8.96. The Kier molecular flexibility index (Phi) is 6.04. The Balaban J connectivity index is 1.61. The number of halogens is 1. The number of nitrogens with zero attached hydrogens (tertiary/aromatic N) is 2. The minimum absolute atomic E-state index is 0.000168. The summed E-state index contributed by atoms with van der Waals surface area (Å²) in [5, 5.41) is 5.33. The molecule has 1 aromatic heterocycles. The van der Waals surface area contributed by atoms with E-state index in [0.717, 1.165) is 0 Å². The molecule has 0 bridgehead atoms. The number of carbonyl (C=O) groups excluding carboxylic acids is 3. The molecule has 9 heteroatoms. The summed E-state index contributed by atoms with van der Waals surface area (Å²) in [5.74, 6) is -1.23. The summed E-state index contributed by atoms with van der Waals surface area (Å²) < 4.78 is 15.1. The second-order valence-corrected chi connectivity index (χ2v) is 8.15. The summed E-state index contributed by atoms with van der Waals surface area (Å²) >= 11 is 0. The fourth-order valence-corrected chi connectivity index (χ4v) is 4.05. The topological polar surface area (TPSA) is 110 Å². The van der Waals surface area contributed by atoms with Gasteiger partial charge in [-0.1, -0.05) is 24.3 Å². The van der Waals surface area contributed by atoms with E-state index in [0.29, 0.717) is 33.4 Å². The van der Waals surface area contributed by atoms with Gasteiger partial charge in [-0.15, -0.1) is 0 Å². The van der Waals surface area contributed by atoms with E-state index in [9.17, 15) is 23.6 Å². The predicted octanol–water partition coefficient (Wildman–Crippen LogP) is 1.99. The minimum atomic E-state index is -0.828. The molecule has 2 heterocycles. The van der Waals surface area contributed by atoms with E-state index in [1.165, 1.54) is 10.6 Å². The molecule has 1 aliphatic heterocycles. The highest BCUT2D eigenvalue weighted by Crippen LogP contribution is 2.21. The first-order valence-electron chi connectivity index (χ1n) is 10.6. The number of aromatic nitrogens is 2. The first kappa shape index (κ1) is 22.3. The van der Waals surface area contributed by atoms with Crippen molar-refractivity contribution in [1.82, 2.24) is 20.2 Å². The SMILES string of the molecule is Cc1ccc(CC(=O)NCc2cccc3nc(C)n(C4CCC(=O)NC4=O)c(=O)c23)cc1F. The number of benzene rings is 2. The largest absolute Gasteiger partial charge is 0.352 e. The van der Waals surface area contributed by atoms with Crippen molar-refractivity contribution in [2.45, 2.75) is 45.7 Å². The molecule has 8 nitrogen and oxygen atoms in total. The third-order valence-corrected chi connectivity index (χ3v) is 5.79. The number of imide groups is 1. The molecule has 2 N–H and O–H groups in total. The van der Waals surface area contributed by atoms with Crippen LogP contribution in [0.1, 0.15) is 41.4 Å². The van der Waals surface area contributed by atoms with Crippen LogP contribution in [0.3, 0.4) is 0 Å². The van der Waals surface area contributed by atoms with Crippen molar-refractivity contribution >= 4 is 28.6 Å². The van der Waals surface area contributed by atoms with Gasteiger partial charge in [-0.05, 0) is 49.1 Å². The van der Waals surface area contributed by atoms with Gasteiger partial charge in [-0.3, -0.25) is 29.1 Å². The van der Waals surface area contributed by atoms with E-state index < -0.39 is 17.5 Å². The van der Waals surface area contributed by atoms with Gasteiger partial charge in [0.1, 0.15) is 17.7 Å². The zero-order valence-corrected chi connectivity index (χ0v) is 18.3. The van der Waals surface area contributed by atoms with E-state index in [1.807, 2.05) is 0 Å². The molecule has 1 unspecified atom stereocenters. The Hall–Kier alpha value is -3.88. The Morgan fingerprint density at radius 2 is 2.00 bits per heavy atom. The second kappa shape index (κ2) is 8.93. The molecule has 0 radical (unpaired) electrons. The molecule has 0 saturated carbocycles. The number of nitrogens with one attached hydrogen (secondary N) is 2. The van der Waals surface area contributed by atoms with Gasteiger partial charge in [0.25, 0.3) is 5.56 Å². The van der Waals surface area contributed by atoms with Gasteiger partial charge >= 0.3 is 0 Å². The van der Waals surface area contributed by atoms with Crippen molar-refractivity contribution < 1.29 is 18.8 Å². The molecule has 1 saturated heterocycles. The summed E-state index contributed by atoms with van der Waals surface area (Å²) in [6.45, 7) is 3.36. The van der Waals surface area contributed by atoms with Crippen LogP contribution in [0.5, 0.6) is 0 Å². The van der Waals surface area contributed by atoms with Gasteiger partial charge in [-0.2, -0.15) is 0 Å². The maximum Gasteiger partial charge on any atom is 0.262 e. The van der Waals surface area contributed by atoms with Crippen LogP contribution >= 0.6 is 0 Å². The van der Waals surface area contributed by atoms with E-state index in [1.54, 1.807) is 44.2 Å². The van der Waals surface area contributed by atoms with E-state index in [-0.39, 0.29) is 43.4 Å². The third-order valence-electron chi connectivity index (χ3n) is 5.79. The zero-order valence-electron chi connectivity index (χ0n) is 18.3. The highest BCUT2D eigenvalue weighted by Gasteiger charge is 2.30. The monoisotopic (exact) mass is 450 g/mol. The van der Waals surface area contributed by atoms with Crippen LogP contribution in [0, 0.1) is 19.7 Å². The van der Waals surface area contributed by atoms with Gasteiger partial charge in [0.15, 0.2) is 0 Å². The number of aryl methyl sites for hydroxylation is 2. The Morgan fingerprint density at radius 1 is 1.21 bits per heavy atom. The number of hydrogen-bond donors (Lipinski definition) is 2. The molecule has 3 aromatic rings. The normalized spacial score (nSPS) is 16.0. The maximum absolute atomic E-state index is 13.7. The quantitative estimate of drug-likeness (QED) is 0.578. The van der Waals surface area contributed by atoms with E-state index in [2.05, 4.69) is 15.6 Å². The molecular weight excluding hydrogens is 427 g/mol. The summed E-state index contributed by atoms with van der Waals surface area (Å²) in [4.78, 5) is 54.2. The lowest BCUT2D eigenvalue weighted by atomic mass is 10.0. The van der Waals surface area contributed by atoms with Crippen molar-refractivity contribution in [3.63, 3.8) is 0 Å². The van der Waals surface area contributed by atoms with E-state index >= 15 is 0 Å². The fraction of sp³-hybridized carbons (Fsp3) is 0.292. The van der Waals surface area contributed by atoms with Crippen LogP contribution in [0.25, 0.3) is 10.9 Å². The van der Waals surface area contributed by atoms with Crippen molar-refractivity contribution in [3.8, 4) is 0 Å². The molecule has 33 heavy (non-hydrogen) atoms. The smallest absolute Gasteiger partial charge is 0.262 e. The number of rotatable bonds is 5. The van der Waals surface area contributed by atoms with Gasteiger partial charge in [-0.25, -0.2) is 9.37 Å². The van der Waals surface area contributed by atoms with Crippen molar-refractivity contribution in [2.75, 3.05) is 0 Å². The summed E-state index contributed by atoms with van der Waals surface area (Å²) in [5.41, 5.74) is 1.65. The molecule has 0 spiro atoms. The Bertz CT molecular complexity index is 1350. The number of hydrogen-bond acceptors (Lipinski definition) is 5. The summed E-state index contributed by atoms with van der Waals surface area (Å²) in [6.07, 6.45) is 0.349. The van der Waals surface area contributed by atoms with Crippen molar-refractivity contribution in [1.29, 1.82) is 0 Å². The zero-order chi connectivity index (χ0) is 23.7. The predicted molar refractivity (Wildman–Crippen MR) is 119 cm³/mol. The molecule has 1 aliphatic rings. The van der Waals surface area contributed by atoms with Gasteiger partial charge < -0.3 is 5.32 Å². The lowest BCUT2D eigenvalue weighted by Gasteiger charge is -2.24. The van der Waals surface area contributed by atoms with Gasteiger partial charge in [0.2, 0.25) is 17.7 Å². The molecule has 3 amide bonds. The highest BCUT2D eigenvalue weighted by atomic mass is 19.1. The molecular formula is C24H23FN4O4. The van der Waals surface area contributed by atoms with Crippen LogP contribution in [0.2, 0.25) is 0 Å². The van der Waals surface area contributed by atoms with Crippen LogP contribution in [0.4, 0.5) is 4.39 Å². The molecule has 4 rings (SSSR count). The maximum atomic E-state index is 13.7. The van der Waals surface area contributed by atoms with E-state index in [4.69, 9.17) is 0 Å². The summed E-state index contributed by atoms with van der Waals surface area (Å²) in [7, 11) is 0. The molecule has 170 valence electrons. The fourth-order valence-electron chi connectivity index (χ4n) is 4.05.